The number of sulfonamides is 1. The molecule has 0 aromatic carbocycles. The van der Waals surface area contributed by atoms with Crippen LogP contribution in [0.25, 0.3) is 0 Å². The predicted octanol–water partition coefficient (Wildman–Crippen LogP) is 2.55. The van der Waals surface area contributed by atoms with Crippen LogP contribution in [0.2, 0.25) is 0 Å². The summed E-state index contributed by atoms with van der Waals surface area (Å²) in [7, 11) is -3.49. The number of hydrogen-bond acceptors (Lipinski definition) is 5. The first kappa shape index (κ1) is 17.6. The summed E-state index contributed by atoms with van der Waals surface area (Å²) in [4.78, 5) is 1.07. The average Bonchev–Trinajstić information content (AvgIpc) is 3.17. The number of aliphatic hydroxyl groups is 1. The summed E-state index contributed by atoms with van der Waals surface area (Å²) in [5.41, 5.74) is 1.46. The van der Waals surface area contributed by atoms with Crippen molar-refractivity contribution < 1.29 is 13.5 Å². The first-order valence-electron chi connectivity index (χ1n) is 8.29. The van der Waals surface area contributed by atoms with Crippen LogP contribution in [0.15, 0.2) is 22.4 Å². The highest BCUT2D eigenvalue weighted by atomic mass is 32.2. The van der Waals surface area contributed by atoms with E-state index < -0.39 is 16.1 Å². The van der Waals surface area contributed by atoms with Crippen LogP contribution < -0.4 is 0 Å². The lowest BCUT2D eigenvalue weighted by molar-refractivity contribution is 0.167. The van der Waals surface area contributed by atoms with E-state index in [0.29, 0.717) is 42.4 Å². The molecule has 0 saturated heterocycles. The van der Waals surface area contributed by atoms with Crippen LogP contribution in [-0.4, -0.2) is 34.2 Å². The number of nitrogens with zero attached hydrogens (tertiary/aromatic N) is 3. The summed E-state index contributed by atoms with van der Waals surface area (Å²) < 4.78 is 29.6. The van der Waals surface area contributed by atoms with Crippen molar-refractivity contribution in [1.29, 1.82) is 0 Å². The van der Waals surface area contributed by atoms with Crippen LogP contribution in [0.1, 0.15) is 49.1 Å². The van der Waals surface area contributed by atoms with Gasteiger partial charge in [0.25, 0.3) is 10.0 Å². The molecule has 0 spiro atoms. The SMILES string of the molecule is CCc1ccc(S(=O)(=O)N2CCCn3nc([C@@H](O)CC)cc3C2)s1. The van der Waals surface area contributed by atoms with Gasteiger partial charge in [-0.3, -0.25) is 4.68 Å². The Morgan fingerprint density at radius 1 is 1.33 bits per heavy atom. The second-order valence-corrected chi connectivity index (χ2v) is 9.31. The highest BCUT2D eigenvalue weighted by Crippen LogP contribution is 2.28. The maximum atomic E-state index is 12.9. The molecular formula is C16H23N3O3S2. The van der Waals surface area contributed by atoms with Crippen LogP contribution in [0.4, 0.5) is 0 Å². The summed E-state index contributed by atoms with van der Waals surface area (Å²) in [6.07, 6.45) is 1.54. The van der Waals surface area contributed by atoms with Crippen molar-refractivity contribution in [3.8, 4) is 0 Å². The van der Waals surface area contributed by atoms with E-state index >= 15 is 0 Å². The third kappa shape index (κ3) is 3.28. The fraction of sp³-hybridized carbons (Fsp3) is 0.562. The molecular weight excluding hydrogens is 346 g/mol. The van der Waals surface area contributed by atoms with Crippen molar-refractivity contribution in [1.82, 2.24) is 14.1 Å². The van der Waals surface area contributed by atoms with Gasteiger partial charge in [-0.2, -0.15) is 9.40 Å². The van der Waals surface area contributed by atoms with E-state index in [2.05, 4.69) is 5.10 Å². The van der Waals surface area contributed by atoms with E-state index in [0.717, 1.165) is 17.0 Å². The summed E-state index contributed by atoms with van der Waals surface area (Å²) in [6, 6.07) is 5.41. The second kappa shape index (κ2) is 6.95. The van der Waals surface area contributed by atoms with Gasteiger partial charge in [0.2, 0.25) is 0 Å². The van der Waals surface area contributed by atoms with Crippen LogP contribution >= 0.6 is 11.3 Å². The second-order valence-electron chi connectivity index (χ2n) is 5.97. The van der Waals surface area contributed by atoms with Crippen LogP contribution in [0.3, 0.4) is 0 Å². The van der Waals surface area contributed by atoms with Gasteiger partial charge >= 0.3 is 0 Å². The molecule has 1 atom stereocenters. The van der Waals surface area contributed by atoms with E-state index in [1.54, 1.807) is 6.07 Å². The summed E-state index contributed by atoms with van der Waals surface area (Å²) in [6.45, 7) is 5.37. The highest BCUT2D eigenvalue weighted by molar-refractivity contribution is 7.91. The molecule has 8 heteroatoms. The molecule has 6 nitrogen and oxygen atoms in total. The third-order valence-electron chi connectivity index (χ3n) is 4.31. The van der Waals surface area contributed by atoms with E-state index in [4.69, 9.17) is 0 Å². The number of thiophene rings is 1. The van der Waals surface area contributed by atoms with Gasteiger partial charge in [-0.05, 0) is 37.5 Å². The molecule has 0 amide bonds. The predicted molar refractivity (Wildman–Crippen MR) is 93.4 cm³/mol. The molecule has 1 aliphatic heterocycles. The Bertz CT molecular complexity index is 810. The zero-order valence-corrected chi connectivity index (χ0v) is 15.6. The Kier molecular flexibility index (Phi) is 5.10. The molecule has 0 saturated carbocycles. The topological polar surface area (TPSA) is 75.4 Å². The minimum absolute atomic E-state index is 0.297. The molecule has 0 bridgehead atoms. The van der Waals surface area contributed by atoms with Crippen molar-refractivity contribution in [3.05, 3.63) is 34.5 Å². The maximum absolute atomic E-state index is 12.9. The standard InChI is InChI=1S/C16H23N3O3S2/c1-3-13-6-7-16(23-13)24(21,22)18-8-5-9-19-12(11-18)10-14(17-19)15(20)4-2/h6-7,10,15,20H,3-5,8-9,11H2,1-2H3/t15-/m0/s1. The fourth-order valence-electron chi connectivity index (χ4n) is 2.85. The molecule has 2 aromatic rings. The van der Waals surface area contributed by atoms with Gasteiger partial charge < -0.3 is 5.11 Å². The first-order chi connectivity index (χ1) is 11.5. The average molecular weight is 370 g/mol. The number of aromatic nitrogens is 2. The largest absolute Gasteiger partial charge is 0.387 e. The van der Waals surface area contributed by atoms with Crippen molar-refractivity contribution >= 4 is 21.4 Å². The van der Waals surface area contributed by atoms with Crippen LogP contribution in [-0.2, 0) is 29.5 Å². The molecule has 0 fully saturated rings. The molecule has 24 heavy (non-hydrogen) atoms. The van der Waals surface area contributed by atoms with Gasteiger partial charge in [-0.15, -0.1) is 11.3 Å². The summed E-state index contributed by atoms with van der Waals surface area (Å²) in [5.74, 6) is 0. The van der Waals surface area contributed by atoms with Crippen molar-refractivity contribution in [2.75, 3.05) is 6.54 Å². The van der Waals surface area contributed by atoms with E-state index in [1.165, 1.54) is 15.6 Å². The molecule has 0 radical (unpaired) electrons. The Labute approximate surface area is 146 Å². The lowest BCUT2D eigenvalue weighted by Crippen LogP contribution is -2.30. The zero-order chi connectivity index (χ0) is 17.3. The van der Waals surface area contributed by atoms with Gasteiger partial charge in [0.15, 0.2) is 0 Å². The van der Waals surface area contributed by atoms with E-state index in [1.807, 2.05) is 30.7 Å². The lowest BCUT2D eigenvalue weighted by Gasteiger charge is -2.18. The molecule has 1 aliphatic rings. The monoisotopic (exact) mass is 369 g/mol. The highest BCUT2D eigenvalue weighted by Gasteiger charge is 2.29. The lowest BCUT2D eigenvalue weighted by atomic mass is 10.2. The fourth-order valence-corrected chi connectivity index (χ4v) is 5.75. The minimum atomic E-state index is -3.49. The van der Waals surface area contributed by atoms with Crippen molar-refractivity contribution in [3.63, 3.8) is 0 Å². The van der Waals surface area contributed by atoms with Gasteiger partial charge in [0.1, 0.15) is 4.21 Å². The number of aryl methyl sites for hydroxylation is 2. The van der Waals surface area contributed by atoms with E-state index in [9.17, 15) is 13.5 Å². The van der Waals surface area contributed by atoms with Gasteiger partial charge in [-0.1, -0.05) is 13.8 Å². The van der Waals surface area contributed by atoms with Crippen LogP contribution in [0.5, 0.6) is 0 Å². The number of rotatable bonds is 5. The number of fused-ring (bicyclic) bond motifs is 1. The first-order valence-corrected chi connectivity index (χ1v) is 10.5. The third-order valence-corrected chi connectivity index (χ3v) is 7.85. The van der Waals surface area contributed by atoms with Gasteiger partial charge in [0.05, 0.1) is 24.0 Å². The number of hydrogen-bond donors (Lipinski definition) is 1. The molecule has 2 aromatic heterocycles. The molecule has 3 heterocycles. The maximum Gasteiger partial charge on any atom is 0.252 e. The van der Waals surface area contributed by atoms with Crippen molar-refractivity contribution in [2.24, 2.45) is 0 Å². The minimum Gasteiger partial charge on any atom is -0.387 e. The number of aliphatic hydroxyl groups excluding tert-OH is 1. The van der Waals surface area contributed by atoms with Crippen LogP contribution in [0, 0.1) is 0 Å². The van der Waals surface area contributed by atoms with E-state index in [-0.39, 0.29) is 0 Å². The smallest absolute Gasteiger partial charge is 0.252 e. The Morgan fingerprint density at radius 2 is 2.12 bits per heavy atom. The molecule has 3 rings (SSSR count). The summed E-state index contributed by atoms with van der Waals surface area (Å²) >= 11 is 1.34. The molecule has 0 aliphatic carbocycles. The molecule has 132 valence electrons. The summed E-state index contributed by atoms with van der Waals surface area (Å²) in [5, 5.41) is 14.4. The van der Waals surface area contributed by atoms with Crippen molar-refractivity contribution in [2.45, 2.75) is 56.5 Å². The quantitative estimate of drug-likeness (QED) is 0.879. The van der Waals surface area contributed by atoms with Gasteiger partial charge in [-0.25, -0.2) is 8.42 Å². The Morgan fingerprint density at radius 3 is 2.79 bits per heavy atom. The normalized spacial score (nSPS) is 17.5. The van der Waals surface area contributed by atoms with Gasteiger partial charge in [0, 0.05) is 18.0 Å². The zero-order valence-electron chi connectivity index (χ0n) is 14.0. The molecule has 0 unspecified atom stereocenters. The Balaban J connectivity index is 1.88. The Hall–Kier alpha value is -1.22. The molecule has 1 N–H and O–H groups in total.